The predicted octanol–water partition coefficient (Wildman–Crippen LogP) is 3.55. The van der Waals surface area contributed by atoms with Gasteiger partial charge in [-0.15, -0.1) is 0 Å². The molecule has 1 aromatic rings. The van der Waals surface area contributed by atoms with Gasteiger partial charge >= 0.3 is 12.0 Å². The number of rotatable bonds is 5. The van der Waals surface area contributed by atoms with Gasteiger partial charge in [0.05, 0.1) is 17.7 Å². The number of piperidine rings is 1. The van der Waals surface area contributed by atoms with Crippen LogP contribution in [-0.2, 0) is 9.47 Å². The summed E-state index contributed by atoms with van der Waals surface area (Å²) in [6.07, 6.45) is 3.93. The first-order valence-corrected chi connectivity index (χ1v) is 8.39. The number of carbonyl (C=O) groups excluding carboxylic acids is 2. The molecule has 1 fully saturated rings. The van der Waals surface area contributed by atoms with Crippen molar-refractivity contribution in [1.29, 1.82) is 0 Å². The molecule has 0 unspecified atom stereocenters. The number of urea groups is 1. The van der Waals surface area contributed by atoms with Gasteiger partial charge < -0.3 is 19.7 Å². The zero-order chi connectivity index (χ0) is 17.5. The lowest BCUT2D eigenvalue weighted by molar-refractivity contribution is 0.0601. The fourth-order valence-corrected chi connectivity index (χ4v) is 3.14. The van der Waals surface area contributed by atoms with Crippen molar-refractivity contribution in [3.05, 3.63) is 28.8 Å². The van der Waals surface area contributed by atoms with Crippen LogP contribution in [0.2, 0.25) is 5.02 Å². The Bertz CT molecular complexity index is 594. The van der Waals surface area contributed by atoms with Crippen LogP contribution in [-0.4, -0.2) is 50.3 Å². The summed E-state index contributed by atoms with van der Waals surface area (Å²) in [7, 11) is 2.96. The summed E-state index contributed by atoms with van der Waals surface area (Å²) in [5.74, 6) is -0.506. The van der Waals surface area contributed by atoms with E-state index in [0.717, 1.165) is 32.2 Å². The van der Waals surface area contributed by atoms with Crippen molar-refractivity contribution >= 4 is 29.3 Å². The average molecular weight is 355 g/mol. The second-order valence-electron chi connectivity index (χ2n) is 5.74. The third-order valence-electron chi connectivity index (χ3n) is 4.17. The van der Waals surface area contributed by atoms with Crippen LogP contribution in [0.25, 0.3) is 0 Å². The van der Waals surface area contributed by atoms with Gasteiger partial charge in [-0.1, -0.05) is 11.6 Å². The molecule has 2 rings (SSSR count). The molecular weight excluding hydrogens is 332 g/mol. The number of benzene rings is 1. The lowest BCUT2D eigenvalue weighted by Gasteiger charge is -2.35. The molecule has 0 aromatic heterocycles. The van der Waals surface area contributed by atoms with Crippen molar-refractivity contribution in [3.63, 3.8) is 0 Å². The smallest absolute Gasteiger partial charge is 0.339 e. The van der Waals surface area contributed by atoms with Gasteiger partial charge in [0.25, 0.3) is 0 Å². The summed E-state index contributed by atoms with van der Waals surface area (Å²) >= 11 is 6.09. The van der Waals surface area contributed by atoms with Gasteiger partial charge in [0, 0.05) is 32.0 Å². The number of anilines is 1. The zero-order valence-corrected chi connectivity index (χ0v) is 14.8. The number of ether oxygens (including phenoxy) is 2. The number of halogens is 1. The van der Waals surface area contributed by atoms with Gasteiger partial charge in [-0.25, -0.2) is 9.59 Å². The van der Waals surface area contributed by atoms with Crippen LogP contribution >= 0.6 is 11.6 Å². The highest BCUT2D eigenvalue weighted by Gasteiger charge is 2.26. The Morgan fingerprint density at radius 2 is 2.12 bits per heavy atom. The van der Waals surface area contributed by atoms with Crippen LogP contribution in [0.1, 0.15) is 36.0 Å². The molecule has 7 heteroatoms. The molecule has 1 atom stereocenters. The molecule has 1 saturated heterocycles. The van der Waals surface area contributed by atoms with Gasteiger partial charge in [-0.3, -0.25) is 0 Å². The SMILES string of the molecule is COCC[C@H]1CCCCN1C(=O)Nc1ccc(C(=O)OC)c(Cl)c1. The molecule has 1 aromatic carbocycles. The van der Waals surface area contributed by atoms with E-state index in [0.29, 0.717) is 12.3 Å². The van der Waals surface area contributed by atoms with Crippen molar-refractivity contribution in [2.24, 2.45) is 0 Å². The van der Waals surface area contributed by atoms with Crippen molar-refractivity contribution in [1.82, 2.24) is 4.90 Å². The predicted molar refractivity (Wildman–Crippen MR) is 92.6 cm³/mol. The summed E-state index contributed by atoms with van der Waals surface area (Å²) in [4.78, 5) is 26.0. The van der Waals surface area contributed by atoms with Crippen LogP contribution in [0.15, 0.2) is 18.2 Å². The highest BCUT2D eigenvalue weighted by atomic mass is 35.5. The number of likely N-dealkylation sites (tertiary alicyclic amines) is 1. The number of carbonyl (C=O) groups is 2. The van der Waals surface area contributed by atoms with E-state index in [-0.39, 0.29) is 22.7 Å². The zero-order valence-electron chi connectivity index (χ0n) is 14.0. The standard InChI is InChI=1S/C17H23ClN2O4/c1-23-10-8-13-5-3-4-9-20(13)17(22)19-12-6-7-14(15(18)11-12)16(21)24-2/h6-7,11,13H,3-5,8-10H2,1-2H3,(H,19,22)/t13-/m1/s1. The number of hydrogen-bond donors (Lipinski definition) is 1. The summed E-state index contributed by atoms with van der Waals surface area (Å²) in [5, 5.41) is 3.10. The Morgan fingerprint density at radius 1 is 1.33 bits per heavy atom. The van der Waals surface area contributed by atoms with Crippen molar-refractivity contribution < 1.29 is 19.1 Å². The number of nitrogens with one attached hydrogen (secondary N) is 1. The summed E-state index contributed by atoms with van der Waals surface area (Å²) in [6, 6.07) is 4.77. The lowest BCUT2D eigenvalue weighted by Crippen LogP contribution is -2.46. The second-order valence-corrected chi connectivity index (χ2v) is 6.15. The van der Waals surface area contributed by atoms with Crippen LogP contribution in [0.3, 0.4) is 0 Å². The van der Waals surface area contributed by atoms with E-state index in [1.54, 1.807) is 25.3 Å². The quantitative estimate of drug-likeness (QED) is 0.821. The molecular formula is C17H23ClN2O4. The van der Waals surface area contributed by atoms with Crippen LogP contribution < -0.4 is 5.32 Å². The summed E-state index contributed by atoms with van der Waals surface area (Å²) in [6.45, 7) is 1.36. The van der Waals surface area contributed by atoms with Gasteiger partial charge in [0.1, 0.15) is 0 Å². The number of hydrogen-bond acceptors (Lipinski definition) is 4. The Hall–Kier alpha value is -1.79. The molecule has 0 bridgehead atoms. The molecule has 1 aliphatic rings. The maximum Gasteiger partial charge on any atom is 0.339 e. The molecule has 1 heterocycles. The van der Waals surface area contributed by atoms with E-state index in [1.807, 2.05) is 4.90 Å². The average Bonchev–Trinajstić information content (AvgIpc) is 2.59. The van der Waals surface area contributed by atoms with Crippen LogP contribution in [0, 0.1) is 0 Å². The fourth-order valence-electron chi connectivity index (χ4n) is 2.89. The number of methoxy groups -OCH3 is 2. The Kier molecular flexibility index (Phi) is 6.87. The maximum atomic E-state index is 12.6. The first-order valence-electron chi connectivity index (χ1n) is 8.01. The van der Waals surface area contributed by atoms with Crippen molar-refractivity contribution in [2.75, 3.05) is 32.7 Å². The van der Waals surface area contributed by atoms with E-state index >= 15 is 0 Å². The van der Waals surface area contributed by atoms with E-state index in [4.69, 9.17) is 16.3 Å². The van der Waals surface area contributed by atoms with Gasteiger partial charge in [0.2, 0.25) is 0 Å². The molecule has 6 nitrogen and oxygen atoms in total. The van der Waals surface area contributed by atoms with Crippen LogP contribution in [0.5, 0.6) is 0 Å². The molecule has 24 heavy (non-hydrogen) atoms. The maximum absolute atomic E-state index is 12.6. The fraction of sp³-hybridized carbons (Fsp3) is 0.529. The molecule has 0 spiro atoms. The van der Waals surface area contributed by atoms with Gasteiger partial charge in [-0.05, 0) is 43.9 Å². The van der Waals surface area contributed by atoms with E-state index in [9.17, 15) is 9.59 Å². The first-order chi connectivity index (χ1) is 11.6. The summed E-state index contributed by atoms with van der Waals surface area (Å²) in [5.41, 5.74) is 0.821. The molecule has 0 radical (unpaired) electrons. The third kappa shape index (κ3) is 4.61. The van der Waals surface area contributed by atoms with Crippen molar-refractivity contribution in [2.45, 2.75) is 31.7 Å². The molecule has 0 saturated carbocycles. The second kappa shape index (κ2) is 8.89. The summed E-state index contributed by atoms with van der Waals surface area (Å²) < 4.78 is 9.79. The lowest BCUT2D eigenvalue weighted by atomic mass is 10.00. The monoisotopic (exact) mass is 354 g/mol. The largest absolute Gasteiger partial charge is 0.465 e. The highest BCUT2D eigenvalue weighted by molar-refractivity contribution is 6.33. The molecule has 0 aliphatic carbocycles. The third-order valence-corrected chi connectivity index (χ3v) is 4.48. The minimum atomic E-state index is -0.506. The van der Waals surface area contributed by atoms with Crippen molar-refractivity contribution in [3.8, 4) is 0 Å². The number of nitrogens with zero attached hydrogens (tertiary/aromatic N) is 1. The Morgan fingerprint density at radius 3 is 2.79 bits per heavy atom. The molecule has 2 amide bonds. The Balaban J connectivity index is 2.05. The van der Waals surface area contributed by atoms with E-state index in [2.05, 4.69) is 10.1 Å². The topological polar surface area (TPSA) is 67.9 Å². The molecule has 1 N–H and O–H groups in total. The van der Waals surface area contributed by atoms with Crippen LogP contribution in [0.4, 0.5) is 10.5 Å². The van der Waals surface area contributed by atoms with Gasteiger partial charge in [0.15, 0.2) is 0 Å². The number of amides is 2. The van der Waals surface area contributed by atoms with E-state index in [1.165, 1.54) is 7.11 Å². The minimum Gasteiger partial charge on any atom is -0.465 e. The van der Waals surface area contributed by atoms with Gasteiger partial charge in [-0.2, -0.15) is 0 Å². The highest BCUT2D eigenvalue weighted by Crippen LogP contribution is 2.24. The van der Waals surface area contributed by atoms with E-state index < -0.39 is 5.97 Å². The Labute approximate surface area is 147 Å². The minimum absolute atomic E-state index is 0.155. The molecule has 1 aliphatic heterocycles. The number of esters is 1. The normalized spacial score (nSPS) is 17.5. The first kappa shape index (κ1) is 18.5. The molecule has 132 valence electrons.